The van der Waals surface area contributed by atoms with Crippen molar-refractivity contribution in [3.63, 3.8) is 0 Å². The fourth-order valence-electron chi connectivity index (χ4n) is 2.49. The molecule has 0 aliphatic carbocycles. The molecule has 0 heterocycles. The lowest BCUT2D eigenvalue weighted by atomic mass is 9.91. The fraction of sp³-hybridized carbons (Fsp3) is 1.00. The van der Waals surface area contributed by atoms with Gasteiger partial charge in [-0.05, 0) is 25.2 Å². The molecule has 0 aliphatic rings. The molecule has 0 aromatic heterocycles. The molecular weight excluding hydrogens is 316 g/mol. The Morgan fingerprint density at radius 3 is 2.00 bits per heavy atom. The van der Waals surface area contributed by atoms with Crippen molar-refractivity contribution in [1.82, 2.24) is 0 Å². The summed E-state index contributed by atoms with van der Waals surface area (Å²) in [6, 6.07) is 0. The molecule has 0 aliphatic heterocycles. The first-order valence-corrected chi connectivity index (χ1v) is 11.6. The van der Waals surface area contributed by atoms with Crippen LogP contribution in [0.2, 0.25) is 0 Å². The van der Waals surface area contributed by atoms with Crippen LogP contribution in [-0.4, -0.2) is 15.9 Å². The summed E-state index contributed by atoms with van der Waals surface area (Å²) in [5, 5.41) is 0.736. The molecule has 2 atom stereocenters. The minimum absolute atomic E-state index is 0.340. The first-order chi connectivity index (χ1) is 9.94. The lowest BCUT2D eigenvalue weighted by Crippen LogP contribution is -2.19. The van der Waals surface area contributed by atoms with Crippen LogP contribution in [0.15, 0.2) is 0 Å². The van der Waals surface area contributed by atoms with Crippen molar-refractivity contribution in [2.45, 2.75) is 102 Å². The van der Waals surface area contributed by atoms with E-state index in [9.17, 15) is 0 Å². The van der Waals surface area contributed by atoms with Crippen molar-refractivity contribution in [3.8, 4) is 0 Å². The molecule has 0 spiro atoms. The van der Waals surface area contributed by atoms with E-state index in [0.717, 1.165) is 23.5 Å². The summed E-state index contributed by atoms with van der Waals surface area (Å²) in [5.74, 6) is 1.67. The van der Waals surface area contributed by atoms with Crippen molar-refractivity contribution in [2.24, 2.45) is 5.92 Å². The SMILES string of the molecule is CCCCCCC(CCCC)C(CCCl)SSC(C)(C)C. The second-order valence-corrected chi connectivity index (χ2v) is 10.7. The highest BCUT2D eigenvalue weighted by Crippen LogP contribution is 2.43. The quantitative estimate of drug-likeness (QED) is 0.187. The third-order valence-electron chi connectivity index (χ3n) is 3.70. The Balaban J connectivity index is 4.44. The Morgan fingerprint density at radius 2 is 1.48 bits per heavy atom. The van der Waals surface area contributed by atoms with Crippen LogP contribution >= 0.6 is 33.2 Å². The third kappa shape index (κ3) is 13.2. The zero-order valence-electron chi connectivity index (χ0n) is 14.9. The molecule has 128 valence electrons. The molecule has 0 aromatic rings. The van der Waals surface area contributed by atoms with Crippen molar-refractivity contribution >= 4 is 33.2 Å². The maximum absolute atomic E-state index is 6.09. The predicted octanol–water partition coefficient (Wildman–Crippen LogP) is 7.94. The first-order valence-electron chi connectivity index (χ1n) is 8.85. The van der Waals surface area contributed by atoms with E-state index in [2.05, 4.69) is 45.4 Å². The van der Waals surface area contributed by atoms with Crippen LogP contribution in [0.1, 0.15) is 92.4 Å². The molecule has 21 heavy (non-hydrogen) atoms. The van der Waals surface area contributed by atoms with Gasteiger partial charge in [-0.25, -0.2) is 0 Å². The highest BCUT2D eigenvalue weighted by molar-refractivity contribution is 8.77. The predicted molar refractivity (Wildman–Crippen MR) is 106 cm³/mol. The first kappa shape index (κ1) is 22.0. The Labute approximate surface area is 147 Å². The van der Waals surface area contributed by atoms with Gasteiger partial charge in [-0.15, -0.1) is 11.6 Å². The lowest BCUT2D eigenvalue weighted by Gasteiger charge is -2.28. The van der Waals surface area contributed by atoms with Crippen molar-refractivity contribution < 1.29 is 0 Å². The molecule has 0 bridgehead atoms. The summed E-state index contributed by atoms with van der Waals surface area (Å²) in [6.45, 7) is 11.5. The van der Waals surface area contributed by atoms with E-state index >= 15 is 0 Å². The summed E-state index contributed by atoms with van der Waals surface area (Å²) in [5.41, 5.74) is 0. The molecule has 0 saturated carbocycles. The van der Waals surface area contributed by atoms with Gasteiger partial charge in [0.15, 0.2) is 0 Å². The lowest BCUT2D eigenvalue weighted by molar-refractivity contribution is 0.396. The summed E-state index contributed by atoms with van der Waals surface area (Å²) < 4.78 is 0.340. The molecule has 0 fully saturated rings. The van der Waals surface area contributed by atoms with E-state index in [0.29, 0.717) is 4.75 Å². The van der Waals surface area contributed by atoms with Crippen LogP contribution in [-0.2, 0) is 0 Å². The molecular formula is C18H37ClS2. The highest BCUT2D eigenvalue weighted by atomic mass is 35.5. The molecule has 0 N–H and O–H groups in total. The highest BCUT2D eigenvalue weighted by Gasteiger charge is 2.24. The normalized spacial score (nSPS) is 15.1. The number of rotatable bonds is 13. The number of alkyl halides is 1. The van der Waals surface area contributed by atoms with E-state index in [-0.39, 0.29) is 0 Å². The van der Waals surface area contributed by atoms with Crippen LogP contribution in [0.5, 0.6) is 0 Å². The van der Waals surface area contributed by atoms with Crippen LogP contribution in [0, 0.1) is 5.92 Å². The van der Waals surface area contributed by atoms with Gasteiger partial charge in [0, 0.05) is 15.9 Å². The van der Waals surface area contributed by atoms with Gasteiger partial charge in [-0.2, -0.15) is 0 Å². The second-order valence-electron chi connectivity index (χ2n) is 7.06. The van der Waals surface area contributed by atoms with Crippen molar-refractivity contribution in [3.05, 3.63) is 0 Å². The molecule has 0 amide bonds. The number of hydrogen-bond acceptors (Lipinski definition) is 2. The third-order valence-corrected chi connectivity index (χ3v) is 7.91. The number of hydrogen-bond donors (Lipinski definition) is 0. The average molecular weight is 353 g/mol. The monoisotopic (exact) mass is 352 g/mol. The van der Waals surface area contributed by atoms with Gasteiger partial charge in [-0.3, -0.25) is 0 Å². The minimum atomic E-state index is 0.340. The van der Waals surface area contributed by atoms with Crippen molar-refractivity contribution in [2.75, 3.05) is 5.88 Å². The molecule has 0 rings (SSSR count). The largest absolute Gasteiger partial charge is 0.127 e. The number of unbranched alkanes of at least 4 members (excludes halogenated alkanes) is 4. The Bertz CT molecular complexity index is 226. The maximum Gasteiger partial charge on any atom is 0.0234 e. The van der Waals surface area contributed by atoms with Crippen molar-refractivity contribution in [1.29, 1.82) is 0 Å². The second kappa shape index (κ2) is 13.4. The minimum Gasteiger partial charge on any atom is -0.127 e. The molecule has 0 aromatic carbocycles. The molecule has 3 heteroatoms. The standard InChI is InChI=1S/C18H37ClS2/c1-6-8-10-11-13-16(12-9-7-2)17(14-15-19)20-21-18(3,4)5/h16-17H,6-15H2,1-5H3. The zero-order valence-corrected chi connectivity index (χ0v) is 17.3. The smallest absolute Gasteiger partial charge is 0.0234 e. The van der Waals surface area contributed by atoms with Gasteiger partial charge in [0.25, 0.3) is 0 Å². The van der Waals surface area contributed by atoms with Crippen LogP contribution in [0.4, 0.5) is 0 Å². The molecule has 0 nitrogen and oxygen atoms in total. The molecule has 0 radical (unpaired) electrons. The number of halogens is 1. The Hall–Kier alpha value is 0.990. The van der Waals surface area contributed by atoms with Gasteiger partial charge < -0.3 is 0 Å². The summed E-state index contributed by atoms with van der Waals surface area (Å²) in [4.78, 5) is 0. The van der Waals surface area contributed by atoms with E-state index in [1.165, 1.54) is 51.4 Å². The summed E-state index contributed by atoms with van der Waals surface area (Å²) >= 11 is 6.09. The van der Waals surface area contributed by atoms with Gasteiger partial charge >= 0.3 is 0 Å². The Morgan fingerprint density at radius 1 is 0.857 bits per heavy atom. The summed E-state index contributed by atoms with van der Waals surface area (Å²) in [7, 11) is 4.15. The fourth-order valence-corrected chi connectivity index (χ4v) is 5.91. The van der Waals surface area contributed by atoms with Crippen LogP contribution in [0.3, 0.4) is 0 Å². The van der Waals surface area contributed by atoms with Gasteiger partial charge in [-0.1, -0.05) is 94.7 Å². The Kier molecular flexibility index (Phi) is 14.1. The topological polar surface area (TPSA) is 0 Å². The van der Waals surface area contributed by atoms with E-state index in [1.807, 2.05) is 10.8 Å². The van der Waals surface area contributed by atoms with Crippen LogP contribution in [0.25, 0.3) is 0 Å². The van der Waals surface area contributed by atoms with Gasteiger partial charge in [0.2, 0.25) is 0 Å². The van der Waals surface area contributed by atoms with E-state index in [4.69, 9.17) is 11.6 Å². The maximum atomic E-state index is 6.09. The van der Waals surface area contributed by atoms with E-state index < -0.39 is 0 Å². The van der Waals surface area contributed by atoms with Gasteiger partial charge in [0.1, 0.15) is 0 Å². The van der Waals surface area contributed by atoms with Gasteiger partial charge in [0.05, 0.1) is 0 Å². The van der Waals surface area contributed by atoms with Crippen LogP contribution < -0.4 is 0 Å². The molecule has 2 unspecified atom stereocenters. The zero-order chi connectivity index (χ0) is 16.1. The summed E-state index contributed by atoms with van der Waals surface area (Å²) in [6.07, 6.45) is 12.2. The molecule has 0 saturated heterocycles. The average Bonchev–Trinajstić information content (AvgIpc) is 2.42. The van der Waals surface area contributed by atoms with E-state index in [1.54, 1.807) is 0 Å².